The number of benzene rings is 1. The normalized spacial score (nSPS) is 9.40. The average Bonchev–Trinajstić information content (AvgIpc) is 2.26. The van der Waals surface area contributed by atoms with E-state index < -0.39 is 0 Å². The van der Waals surface area contributed by atoms with Crippen LogP contribution in [0.3, 0.4) is 0 Å². The number of ketones is 1. The van der Waals surface area contributed by atoms with Crippen LogP contribution < -0.4 is 0 Å². The van der Waals surface area contributed by atoms with Crippen LogP contribution in [0.15, 0.2) is 12.1 Å². The number of hydrogen-bond acceptors (Lipinski definition) is 3. The number of hydrogen-bond donors (Lipinski definition) is 0. The van der Waals surface area contributed by atoms with Crippen LogP contribution >= 0.6 is 34.2 Å². The zero-order valence-corrected chi connectivity index (χ0v) is 10.4. The molecule has 0 saturated carbocycles. The Morgan fingerprint density at radius 2 is 2.27 bits per heavy atom. The molecule has 0 aliphatic heterocycles. The minimum atomic E-state index is -0.353. The lowest BCUT2D eigenvalue weighted by atomic mass is 10.0. The molecule has 15 heavy (non-hydrogen) atoms. The van der Waals surface area contributed by atoms with Gasteiger partial charge >= 0.3 is 0 Å². The maximum Gasteiger partial charge on any atom is 0.178 e. The van der Waals surface area contributed by atoms with Crippen molar-refractivity contribution in [2.45, 2.75) is 0 Å². The maximum atomic E-state index is 11.4. The van der Waals surface area contributed by atoms with E-state index in [1.54, 1.807) is 6.07 Å². The quantitative estimate of drug-likeness (QED) is 0.369. The van der Waals surface area contributed by atoms with E-state index in [0.717, 1.165) is 0 Å². The van der Waals surface area contributed by atoms with Gasteiger partial charge in [0.2, 0.25) is 0 Å². The Kier molecular flexibility index (Phi) is 4.24. The molecular formula is C10H5ClINO2. The molecule has 1 rings (SSSR count). The minimum Gasteiger partial charge on any atom is -0.298 e. The van der Waals surface area contributed by atoms with Crippen molar-refractivity contribution in [3.8, 4) is 6.07 Å². The van der Waals surface area contributed by atoms with Crippen LogP contribution in [0.2, 0.25) is 0 Å². The number of carbonyl (C=O) groups excluding carboxylic acids is 2. The lowest BCUT2D eigenvalue weighted by Gasteiger charge is -2.04. The molecule has 0 atom stereocenters. The molecule has 5 heteroatoms. The summed E-state index contributed by atoms with van der Waals surface area (Å²) in [6.45, 7) is 0. The molecule has 0 amide bonds. The fraction of sp³-hybridized carbons (Fsp3) is 0.100. The second-order valence-corrected chi connectivity index (χ2v) is 4.14. The Bertz CT molecular complexity index is 465. The third kappa shape index (κ3) is 2.55. The number of aldehydes is 1. The van der Waals surface area contributed by atoms with E-state index in [4.69, 9.17) is 16.9 Å². The van der Waals surface area contributed by atoms with Crippen LogP contribution in [0.5, 0.6) is 0 Å². The van der Waals surface area contributed by atoms with Crippen LogP contribution in [-0.2, 0) is 0 Å². The summed E-state index contributed by atoms with van der Waals surface area (Å²) in [5, 5.41) is 8.72. The van der Waals surface area contributed by atoms with Gasteiger partial charge in [0, 0.05) is 14.7 Å². The fourth-order valence-electron chi connectivity index (χ4n) is 1.10. The maximum absolute atomic E-state index is 11.4. The van der Waals surface area contributed by atoms with Crippen molar-refractivity contribution in [1.29, 1.82) is 5.26 Å². The van der Waals surface area contributed by atoms with Crippen LogP contribution in [0, 0.1) is 14.9 Å². The van der Waals surface area contributed by atoms with Crippen molar-refractivity contribution in [3.05, 3.63) is 32.4 Å². The highest BCUT2D eigenvalue weighted by Gasteiger charge is 2.14. The van der Waals surface area contributed by atoms with Gasteiger partial charge in [-0.2, -0.15) is 5.26 Å². The smallest absolute Gasteiger partial charge is 0.178 e. The van der Waals surface area contributed by atoms with Gasteiger partial charge in [-0.3, -0.25) is 9.59 Å². The van der Waals surface area contributed by atoms with Crippen LogP contribution in [-0.4, -0.2) is 17.9 Å². The molecule has 0 N–H and O–H groups in total. The van der Waals surface area contributed by atoms with Crippen LogP contribution in [0.1, 0.15) is 26.3 Å². The van der Waals surface area contributed by atoms with Gasteiger partial charge in [0.1, 0.15) is 0 Å². The van der Waals surface area contributed by atoms with Gasteiger partial charge in [-0.15, -0.1) is 11.6 Å². The summed E-state index contributed by atoms with van der Waals surface area (Å²) in [6, 6.07) is 4.86. The summed E-state index contributed by atoms with van der Waals surface area (Å²) >= 11 is 7.32. The van der Waals surface area contributed by atoms with Gasteiger partial charge < -0.3 is 0 Å². The van der Waals surface area contributed by atoms with Crippen molar-refractivity contribution in [3.63, 3.8) is 0 Å². The largest absolute Gasteiger partial charge is 0.298 e. The highest BCUT2D eigenvalue weighted by molar-refractivity contribution is 14.1. The van der Waals surface area contributed by atoms with Crippen LogP contribution in [0.25, 0.3) is 0 Å². The second-order valence-electron chi connectivity index (χ2n) is 2.71. The zero-order valence-electron chi connectivity index (χ0n) is 7.46. The monoisotopic (exact) mass is 333 g/mol. The van der Waals surface area contributed by atoms with E-state index in [0.29, 0.717) is 21.0 Å². The lowest BCUT2D eigenvalue weighted by Crippen LogP contribution is -2.07. The molecule has 0 aliphatic carbocycles. The van der Waals surface area contributed by atoms with Crippen molar-refractivity contribution < 1.29 is 9.59 Å². The molecule has 0 spiro atoms. The van der Waals surface area contributed by atoms with E-state index in [1.165, 1.54) is 6.07 Å². The molecule has 0 aliphatic rings. The number of nitriles is 1. The van der Waals surface area contributed by atoms with Gasteiger partial charge in [-0.05, 0) is 34.7 Å². The average molecular weight is 334 g/mol. The second kappa shape index (κ2) is 5.24. The zero-order chi connectivity index (χ0) is 11.4. The highest BCUT2D eigenvalue weighted by Crippen LogP contribution is 2.19. The first-order chi connectivity index (χ1) is 7.13. The highest BCUT2D eigenvalue weighted by atomic mass is 127. The molecule has 76 valence electrons. The van der Waals surface area contributed by atoms with Gasteiger partial charge in [-0.1, -0.05) is 0 Å². The van der Waals surface area contributed by atoms with E-state index in [-0.39, 0.29) is 17.2 Å². The Morgan fingerprint density at radius 3 is 2.73 bits per heavy atom. The number of carbonyl (C=O) groups is 2. The third-order valence-corrected chi connectivity index (χ3v) is 2.93. The number of nitrogens with zero attached hydrogens (tertiary/aromatic N) is 1. The Labute approximate surface area is 105 Å². The van der Waals surface area contributed by atoms with Crippen molar-refractivity contribution >= 4 is 46.3 Å². The Hall–Kier alpha value is -0.930. The molecule has 0 heterocycles. The van der Waals surface area contributed by atoms with E-state index >= 15 is 0 Å². The predicted molar refractivity (Wildman–Crippen MR) is 64.3 cm³/mol. The predicted octanol–water partition coefficient (Wildman–Crippen LogP) is 2.40. The van der Waals surface area contributed by atoms with Gasteiger partial charge in [0.15, 0.2) is 12.1 Å². The molecule has 3 nitrogen and oxygen atoms in total. The summed E-state index contributed by atoms with van der Waals surface area (Å²) < 4.78 is 0.579. The first-order valence-electron chi connectivity index (χ1n) is 3.92. The SMILES string of the molecule is N#Cc1cc(I)c(C=O)c(C(=O)CCl)c1. The standard InChI is InChI=1S/C10H5ClINO2/c11-3-10(15)7-1-6(4-13)2-9(12)8(7)5-14/h1-2,5H,3H2. The van der Waals surface area contributed by atoms with E-state index in [1.807, 2.05) is 28.7 Å². The summed E-state index contributed by atoms with van der Waals surface area (Å²) in [5.41, 5.74) is 0.849. The number of halogens is 2. The summed E-state index contributed by atoms with van der Waals surface area (Å²) in [7, 11) is 0. The van der Waals surface area contributed by atoms with E-state index in [2.05, 4.69) is 0 Å². The van der Waals surface area contributed by atoms with Crippen molar-refractivity contribution in [2.24, 2.45) is 0 Å². The van der Waals surface area contributed by atoms with Gasteiger partial charge in [0.25, 0.3) is 0 Å². The third-order valence-electron chi connectivity index (χ3n) is 1.80. The number of alkyl halides is 1. The van der Waals surface area contributed by atoms with Crippen LogP contribution in [0.4, 0.5) is 0 Å². The first kappa shape index (κ1) is 12.1. The molecule has 0 fully saturated rings. The van der Waals surface area contributed by atoms with Gasteiger partial charge in [0.05, 0.1) is 17.5 Å². The topological polar surface area (TPSA) is 57.9 Å². The molecule has 0 unspecified atom stereocenters. The summed E-state index contributed by atoms with van der Waals surface area (Å²) in [4.78, 5) is 22.2. The number of Topliss-reactive ketones (excluding diaryl/α,β-unsaturated/α-hetero) is 1. The minimum absolute atomic E-state index is 0.203. The Balaban J connectivity index is 3.46. The van der Waals surface area contributed by atoms with Crippen molar-refractivity contribution in [1.82, 2.24) is 0 Å². The molecule has 1 aromatic carbocycles. The van der Waals surface area contributed by atoms with Crippen molar-refractivity contribution in [2.75, 3.05) is 5.88 Å². The first-order valence-corrected chi connectivity index (χ1v) is 5.53. The lowest BCUT2D eigenvalue weighted by molar-refractivity contribution is 0.101. The molecular weight excluding hydrogens is 328 g/mol. The molecule has 0 radical (unpaired) electrons. The molecule has 1 aromatic rings. The summed E-state index contributed by atoms with van der Waals surface area (Å²) in [6.07, 6.45) is 0.600. The van der Waals surface area contributed by atoms with E-state index in [9.17, 15) is 9.59 Å². The van der Waals surface area contributed by atoms with Gasteiger partial charge in [-0.25, -0.2) is 0 Å². The molecule has 0 bridgehead atoms. The molecule has 0 aromatic heterocycles. The molecule has 0 saturated heterocycles. The summed E-state index contributed by atoms with van der Waals surface area (Å²) in [5.74, 6) is -0.556. The number of rotatable bonds is 3. The fourth-order valence-corrected chi connectivity index (χ4v) is 2.00. The Morgan fingerprint density at radius 1 is 1.60 bits per heavy atom.